The molecule has 0 unspecified atom stereocenters. The third-order valence-corrected chi connectivity index (χ3v) is 4.77. The molecule has 1 N–H and O–H groups in total. The van der Waals surface area contributed by atoms with Crippen molar-refractivity contribution in [3.05, 3.63) is 71.3 Å². The van der Waals surface area contributed by atoms with E-state index in [2.05, 4.69) is 10.3 Å². The fourth-order valence-electron chi connectivity index (χ4n) is 3.22. The van der Waals surface area contributed by atoms with Gasteiger partial charge in [0, 0.05) is 5.56 Å². The van der Waals surface area contributed by atoms with Gasteiger partial charge >= 0.3 is 12.1 Å². The number of carbonyl (C=O) groups is 2. The maximum Gasteiger partial charge on any atom is 0.416 e. The van der Waals surface area contributed by atoms with Crippen molar-refractivity contribution in [3.63, 3.8) is 0 Å². The topological polar surface area (TPSA) is 80.2 Å². The number of nitrogens with zero attached hydrogens (tertiary/aromatic N) is 2. The summed E-state index contributed by atoms with van der Waals surface area (Å²) in [5.41, 5.74) is 2.43. The average Bonchev–Trinajstić information content (AvgIpc) is 3.25. The van der Waals surface area contributed by atoms with Gasteiger partial charge in [0.2, 0.25) is 0 Å². The van der Waals surface area contributed by atoms with Crippen LogP contribution in [0.15, 0.2) is 59.6 Å². The molecule has 170 valence electrons. The number of nitrogens with one attached hydrogen (secondary N) is 1. The first-order chi connectivity index (χ1) is 15.3. The summed E-state index contributed by atoms with van der Waals surface area (Å²) in [5.74, 6) is 0.371. The first-order valence-electron chi connectivity index (χ1n) is 10.9. The van der Waals surface area contributed by atoms with Gasteiger partial charge in [-0.3, -0.25) is 14.7 Å². The molecule has 2 aromatic carbocycles. The Labute approximate surface area is 189 Å². The number of hydrogen-bond acceptors (Lipinski definition) is 6. The van der Waals surface area contributed by atoms with Crippen LogP contribution >= 0.6 is 0 Å². The van der Waals surface area contributed by atoms with Crippen LogP contribution in [0.3, 0.4) is 0 Å². The highest BCUT2D eigenvalue weighted by Crippen LogP contribution is 2.17. The highest BCUT2D eigenvalue weighted by atomic mass is 16.6. The monoisotopic (exact) mass is 437 g/mol. The van der Waals surface area contributed by atoms with Gasteiger partial charge in [0.1, 0.15) is 18.0 Å². The van der Waals surface area contributed by atoms with E-state index >= 15 is 0 Å². The molecule has 0 bridgehead atoms. The molecule has 0 radical (unpaired) electrons. The molecule has 0 saturated heterocycles. The Hall–Kier alpha value is -3.19. The fraction of sp³-hybridized carbons (Fsp3) is 0.400. The van der Waals surface area contributed by atoms with Crippen molar-refractivity contribution in [1.82, 2.24) is 10.2 Å². The van der Waals surface area contributed by atoms with Gasteiger partial charge < -0.3 is 14.8 Å². The van der Waals surface area contributed by atoms with Gasteiger partial charge in [0.15, 0.2) is 0 Å². The summed E-state index contributed by atoms with van der Waals surface area (Å²) in [5, 5.41) is 3.12. The van der Waals surface area contributed by atoms with Gasteiger partial charge in [0.05, 0.1) is 19.6 Å². The molecule has 0 aromatic heterocycles. The molecule has 2 aromatic rings. The van der Waals surface area contributed by atoms with E-state index in [0.717, 1.165) is 23.1 Å². The second-order valence-corrected chi connectivity index (χ2v) is 8.61. The molecule has 7 heteroatoms. The van der Waals surface area contributed by atoms with E-state index < -0.39 is 5.60 Å². The minimum atomic E-state index is -0.546. The minimum Gasteiger partial charge on any atom is -0.460 e. The van der Waals surface area contributed by atoms with Crippen LogP contribution in [0, 0.1) is 0 Å². The van der Waals surface area contributed by atoms with Gasteiger partial charge in [0.25, 0.3) is 0 Å². The molecule has 3 rings (SSSR count). The minimum absolute atomic E-state index is 0.173. The van der Waals surface area contributed by atoms with Crippen molar-refractivity contribution < 1.29 is 19.1 Å². The van der Waals surface area contributed by atoms with E-state index in [9.17, 15) is 9.59 Å². The summed E-state index contributed by atoms with van der Waals surface area (Å²) in [6, 6.07) is 17.6. The Balaban J connectivity index is 1.42. The Morgan fingerprint density at radius 1 is 1.03 bits per heavy atom. The first kappa shape index (κ1) is 23.5. The Morgan fingerprint density at radius 2 is 1.75 bits per heavy atom. The molecule has 0 atom stereocenters. The van der Waals surface area contributed by atoms with E-state index in [0.29, 0.717) is 25.5 Å². The predicted octanol–water partition coefficient (Wildman–Crippen LogP) is 3.56. The Bertz CT molecular complexity index is 934. The zero-order valence-electron chi connectivity index (χ0n) is 19.0. The molecule has 0 fully saturated rings. The lowest BCUT2D eigenvalue weighted by Crippen LogP contribution is -2.39. The third kappa shape index (κ3) is 7.20. The fourth-order valence-corrected chi connectivity index (χ4v) is 3.22. The quantitative estimate of drug-likeness (QED) is 0.505. The summed E-state index contributed by atoms with van der Waals surface area (Å²) < 4.78 is 10.7. The Kier molecular flexibility index (Phi) is 8.00. The maximum absolute atomic E-state index is 12.4. The number of aliphatic imine (C=N–C) groups is 1. The smallest absolute Gasteiger partial charge is 0.416 e. The van der Waals surface area contributed by atoms with Crippen LogP contribution in [-0.2, 0) is 27.3 Å². The average molecular weight is 438 g/mol. The lowest BCUT2D eigenvalue weighted by molar-refractivity contribution is -0.143. The van der Waals surface area contributed by atoms with Crippen LogP contribution in [0.25, 0.3) is 0 Å². The van der Waals surface area contributed by atoms with E-state index in [1.54, 1.807) is 4.90 Å². The number of amides is 1. The van der Waals surface area contributed by atoms with Gasteiger partial charge in [-0.15, -0.1) is 0 Å². The summed E-state index contributed by atoms with van der Waals surface area (Å²) in [7, 11) is 0. The zero-order chi connectivity index (χ0) is 23.0. The Morgan fingerprint density at radius 3 is 2.44 bits per heavy atom. The predicted molar refractivity (Wildman–Crippen MR) is 124 cm³/mol. The molecule has 0 spiro atoms. The second-order valence-electron chi connectivity index (χ2n) is 8.61. The largest absolute Gasteiger partial charge is 0.460 e. The molecular formula is C25H31N3O4. The third-order valence-electron chi connectivity index (χ3n) is 4.77. The SMILES string of the molecule is CC(C)(C)OC(=O)N1CCN=C1c1ccc(CCNCC(=O)OCc2ccccc2)cc1. The van der Waals surface area contributed by atoms with Crippen LogP contribution in [0.4, 0.5) is 4.79 Å². The number of carbonyl (C=O) groups excluding carboxylic acids is 2. The highest BCUT2D eigenvalue weighted by Gasteiger charge is 2.29. The number of rotatable bonds is 8. The van der Waals surface area contributed by atoms with E-state index in [1.807, 2.05) is 75.4 Å². The molecule has 1 amide bonds. The van der Waals surface area contributed by atoms with Crippen molar-refractivity contribution in [2.75, 3.05) is 26.2 Å². The number of ether oxygens (including phenoxy) is 2. The number of benzene rings is 2. The van der Waals surface area contributed by atoms with Crippen molar-refractivity contribution in [1.29, 1.82) is 0 Å². The van der Waals surface area contributed by atoms with Gasteiger partial charge in [-0.2, -0.15) is 0 Å². The molecule has 0 aliphatic carbocycles. The molecule has 32 heavy (non-hydrogen) atoms. The molecule has 7 nitrogen and oxygen atoms in total. The lowest BCUT2D eigenvalue weighted by atomic mass is 10.1. The van der Waals surface area contributed by atoms with E-state index in [1.165, 1.54) is 0 Å². The molecule has 0 saturated carbocycles. The van der Waals surface area contributed by atoms with Crippen LogP contribution in [0.1, 0.15) is 37.5 Å². The number of amidine groups is 1. The summed E-state index contributed by atoms with van der Waals surface area (Å²) in [4.78, 5) is 30.4. The standard InChI is InChI=1S/C25H31N3O4/c1-25(2,3)32-24(30)28-16-15-27-23(28)21-11-9-19(10-12-21)13-14-26-17-22(29)31-18-20-7-5-4-6-8-20/h4-12,26H,13-18H2,1-3H3. The normalized spacial score (nSPS) is 13.6. The molecule has 1 heterocycles. The highest BCUT2D eigenvalue weighted by molar-refractivity contribution is 6.07. The van der Waals surface area contributed by atoms with Crippen LogP contribution in [0.5, 0.6) is 0 Å². The van der Waals surface area contributed by atoms with Crippen molar-refractivity contribution in [3.8, 4) is 0 Å². The molecule has 1 aliphatic rings. The van der Waals surface area contributed by atoms with Crippen molar-refractivity contribution in [2.24, 2.45) is 4.99 Å². The van der Waals surface area contributed by atoms with Crippen LogP contribution in [-0.4, -0.2) is 54.6 Å². The van der Waals surface area contributed by atoms with Gasteiger partial charge in [-0.25, -0.2) is 4.79 Å². The van der Waals surface area contributed by atoms with Crippen molar-refractivity contribution >= 4 is 17.9 Å². The van der Waals surface area contributed by atoms with Crippen molar-refractivity contribution in [2.45, 2.75) is 39.4 Å². The second kappa shape index (κ2) is 10.9. The zero-order valence-corrected chi connectivity index (χ0v) is 19.0. The first-order valence-corrected chi connectivity index (χ1v) is 10.9. The molecule has 1 aliphatic heterocycles. The van der Waals surface area contributed by atoms with Crippen LogP contribution < -0.4 is 5.32 Å². The van der Waals surface area contributed by atoms with Gasteiger partial charge in [-0.05, 0) is 44.9 Å². The number of hydrogen-bond donors (Lipinski definition) is 1. The molecular weight excluding hydrogens is 406 g/mol. The summed E-state index contributed by atoms with van der Waals surface area (Å²) in [6.07, 6.45) is 0.398. The van der Waals surface area contributed by atoms with E-state index in [4.69, 9.17) is 9.47 Å². The number of esters is 1. The lowest BCUT2D eigenvalue weighted by Gasteiger charge is -2.25. The summed E-state index contributed by atoms with van der Waals surface area (Å²) in [6.45, 7) is 7.76. The van der Waals surface area contributed by atoms with Gasteiger partial charge in [-0.1, -0.05) is 54.6 Å². The summed E-state index contributed by atoms with van der Waals surface area (Å²) >= 11 is 0. The van der Waals surface area contributed by atoms with E-state index in [-0.39, 0.29) is 25.2 Å². The maximum atomic E-state index is 12.4. The van der Waals surface area contributed by atoms with Crippen LogP contribution in [0.2, 0.25) is 0 Å².